The molecule has 19 heavy (non-hydrogen) atoms. The van der Waals surface area contributed by atoms with Gasteiger partial charge in [0.05, 0.1) is 18.6 Å². The number of esters is 1. The van der Waals surface area contributed by atoms with Gasteiger partial charge in [0, 0.05) is 6.04 Å². The third-order valence-electron chi connectivity index (χ3n) is 3.89. The predicted octanol–water partition coefficient (Wildman–Crippen LogP) is 0.852. The maximum atomic E-state index is 11.8. The van der Waals surface area contributed by atoms with Crippen molar-refractivity contribution in [2.75, 3.05) is 13.2 Å². The first-order valence-electron chi connectivity index (χ1n) is 6.90. The standard InChI is InChI=1S/C12H22N2O5/c15-12(18-6-1-2-7-19-14(16)17)11-8-9-4-3-5-10(9)13-11/h9-11,13,16-17H,1-8H2/t9-,10-,11?/m0/s1. The van der Waals surface area contributed by atoms with Crippen molar-refractivity contribution in [3.05, 3.63) is 0 Å². The molecule has 110 valence electrons. The van der Waals surface area contributed by atoms with Gasteiger partial charge < -0.3 is 10.1 Å². The van der Waals surface area contributed by atoms with E-state index in [1.807, 2.05) is 0 Å². The Labute approximate surface area is 112 Å². The zero-order valence-corrected chi connectivity index (χ0v) is 11.0. The molecule has 0 aromatic carbocycles. The number of nitrogens with one attached hydrogen (secondary N) is 1. The fourth-order valence-corrected chi connectivity index (χ4v) is 2.96. The second-order valence-corrected chi connectivity index (χ2v) is 5.21. The molecule has 0 amide bonds. The summed E-state index contributed by atoms with van der Waals surface area (Å²) in [6, 6.07) is 0.364. The molecule has 1 saturated carbocycles. The van der Waals surface area contributed by atoms with Gasteiger partial charge in [-0.2, -0.15) is 0 Å². The number of ether oxygens (including phenoxy) is 1. The van der Waals surface area contributed by atoms with Crippen molar-refractivity contribution in [1.29, 1.82) is 0 Å². The van der Waals surface area contributed by atoms with Crippen molar-refractivity contribution in [1.82, 2.24) is 10.7 Å². The lowest BCUT2D eigenvalue weighted by atomic mass is 10.0. The second-order valence-electron chi connectivity index (χ2n) is 5.21. The Balaban J connectivity index is 1.53. The van der Waals surface area contributed by atoms with Crippen molar-refractivity contribution >= 4 is 5.97 Å². The van der Waals surface area contributed by atoms with E-state index in [1.165, 1.54) is 19.3 Å². The van der Waals surface area contributed by atoms with Gasteiger partial charge in [-0.25, -0.2) is 0 Å². The highest BCUT2D eigenvalue weighted by Gasteiger charge is 2.40. The maximum absolute atomic E-state index is 11.8. The highest BCUT2D eigenvalue weighted by molar-refractivity contribution is 5.76. The molecule has 1 saturated heterocycles. The summed E-state index contributed by atoms with van der Waals surface area (Å²) in [7, 11) is 0. The predicted molar refractivity (Wildman–Crippen MR) is 64.2 cm³/mol. The third kappa shape index (κ3) is 4.39. The van der Waals surface area contributed by atoms with E-state index in [0.717, 1.165) is 6.42 Å². The number of carbonyl (C=O) groups excluding carboxylic acids is 1. The summed E-state index contributed by atoms with van der Waals surface area (Å²) in [5, 5.41) is 19.6. The van der Waals surface area contributed by atoms with Gasteiger partial charge in [-0.15, -0.1) is 0 Å². The highest BCUT2D eigenvalue weighted by Crippen LogP contribution is 2.34. The molecule has 7 heteroatoms. The van der Waals surface area contributed by atoms with Crippen LogP contribution in [0.4, 0.5) is 0 Å². The lowest BCUT2D eigenvalue weighted by Crippen LogP contribution is -2.36. The minimum Gasteiger partial charge on any atom is -0.465 e. The third-order valence-corrected chi connectivity index (χ3v) is 3.89. The number of nitrogens with zero attached hydrogens (tertiary/aromatic N) is 1. The lowest BCUT2D eigenvalue weighted by molar-refractivity contribution is -0.492. The Hall–Kier alpha value is -0.730. The molecule has 0 aromatic rings. The van der Waals surface area contributed by atoms with Gasteiger partial charge in [0.25, 0.3) is 0 Å². The summed E-state index contributed by atoms with van der Waals surface area (Å²) in [6.07, 6.45) is 5.78. The van der Waals surface area contributed by atoms with Crippen LogP contribution in [0.2, 0.25) is 0 Å². The van der Waals surface area contributed by atoms with Crippen molar-refractivity contribution in [3.8, 4) is 0 Å². The van der Waals surface area contributed by atoms with Crippen LogP contribution in [0.15, 0.2) is 0 Å². The molecule has 0 aromatic heterocycles. The van der Waals surface area contributed by atoms with Crippen LogP contribution in [0.25, 0.3) is 0 Å². The van der Waals surface area contributed by atoms with E-state index in [0.29, 0.717) is 31.4 Å². The van der Waals surface area contributed by atoms with E-state index in [4.69, 9.17) is 15.2 Å². The van der Waals surface area contributed by atoms with Crippen molar-refractivity contribution in [2.24, 2.45) is 5.92 Å². The fourth-order valence-electron chi connectivity index (χ4n) is 2.96. The Morgan fingerprint density at radius 1 is 1.26 bits per heavy atom. The molecule has 1 aliphatic carbocycles. The number of hydrogen-bond acceptors (Lipinski definition) is 7. The van der Waals surface area contributed by atoms with Crippen LogP contribution in [-0.4, -0.2) is 47.1 Å². The normalized spacial score (nSPS) is 29.7. The van der Waals surface area contributed by atoms with Crippen LogP contribution in [0.1, 0.15) is 38.5 Å². The number of rotatable bonds is 7. The van der Waals surface area contributed by atoms with E-state index in [2.05, 4.69) is 10.2 Å². The van der Waals surface area contributed by atoms with Crippen molar-refractivity contribution in [2.45, 2.75) is 50.6 Å². The minimum absolute atomic E-state index is 0.142. The van der Waals surface area contributed by atoms with Crippen LogP contribution in [-0.2, 0) is 14.4 Å². The summed E-state index contributed by atoms with van der Waals surface area (Å²) >= 11 is 0. The molecule has 1 unspecified atom stereocenters. The van der Waals surface area contributed by atoms with E-state index in [1.54, 1.807) is 0 Å². The lowest BCUT2D eigenvalue weighted by Gasteiger charge is -2.12. The van der Waals surface area contributed by atoms with Crippen LogP contribution >= 0.6 is 0 Å². The van der Waals surface area contributed by atoms with Gasteiger partial charge in [0.15, 0.2) is 0 Å². The van der Waals surface area contributed by atoms with Crippen molar-refractivity contribution < 1.29 is 24.8 Å². The molecule has 0 spiro atoms. The maximum Gasteiger partial charge on any atom is 0.323 e. The Kier molecular flexibility index (Phi) is 5.53. The summed E-state index contributed by atoms with van der Waals surface area (Å²) in [5.41, 5.74) is 0. The molecule has 0 radical (unpaired) electrons. The zero-order chi connectivity index (χ0) is 13.7. The summed E-state index contributed by atoms with van der Waals surface area (Å²) < 4.78 is 5.20. The summed E-state index contributed by atoms with van der Waals surface area (Å²) in [4.78, 5) is 16.2. The largest absolute Gasteiger partial charge is 0.465 e. The van der Waals surface area contributed by atoms with E-state index in [-0.39, 0.29) is 24.0 Å². The first-order valence-corrected chi connectivity index (χ1v) is 6.90. The molecule has 2 fully saturated rings. The molecule has 1 aliphatic heterocycles. The minimum atomic E-state index is -0.312. The number of unbranched alkanes of at least 4 members (excludes halogenated alkanes) is 1. The van der Waals surface area contributed by atoms with Gasteiger partial charge >= 0.3 is 5.97 Å². The Bertz CT molecular complexity index is 288. The first-order chi connectivity index (χ1) is 9.16. The first kappa shape index (κ1) is 14.7. The van der Waals surface area contributed by atoms with Crippen molar-refractivity contribution in [3.63, 3.8) is 0 Å². The van der Waals surface area contributed by atoms with Crippen LogP contribution in [0, 0.1) is 5.92 Å². The summed E-state index contributed by atoms with van der Waals surface area (Å²) in [5.74, 6) is 0.479. The topological polar surface area (TPSA) is 91.3 Å². The average Bonchev–Trinajstić information content (AvgIpc) is 2.93. The molecule has 1 heterocycles. The smallest absolute Gasteiger partial charge is 0.323 e. The number of hydrogen-bond donors (Lipinski definition) is 3. The van der Waals surface area contributed by atoms with Gasteiger partial charge in [0.2, 0.25) is 0 Å². The van der Waals surface area contributed by atoms with Crippen LogP contribution < -0.4 is 5.32 Å². The van der Waals surface area contributed by atoms with Crippen LogP contribution in [0.5, 0.6) is 0 Å². The van der Waals surface area contributed by atoms with Gasteiger partial charge in [-0.05, 0) is 38.0 Å². The second kappa shape index (κ2) is 7.16. The monoisotopic (exact) mass is 274 g/mol. The molecule has 3 N–H and O–H groups in total. The van der Waals surface area contributed by atoms with Gasteiger partial charge in [-0.1, -0.05) is 6.42 Å². The number of carbonyl (C=O) groups is 1. The zero-order valence-electron chi connectivity index (χ0n) is 11.0. The highest BCUT2D eigenvalue weighted by atomic mass is 17.1. The molecular formula is C12H22N2O5. The SMILES string of the molecule is O=C(OCCCCON(O)O)C1C[C@@H]2CCC[C@@H]2N1. The van der Waals surface area contributed by atoms with Gasteiger partial charge in [0.1, 0.15) is 6.04 Å². The van der Waals surface area contributed by atoms with E-state index in [9.17, 15) is 4.79 Å². The Morgan fingerprint density at radius 3 is 2.79 bits per heavy atom. The molecule has 7 nitrogen and oxygen atoms in total. The molecule has 2 rings (SSSR count). The molecule has 2 aliphatic rings. The molecule has 3 atom stereocenters. The molecular weight excluding hydrogens is 252 g/mol. The number of fused-ring (bicyclic) bond motifs is 1. The fraction of sp³-hybridized carbons (Fsp3) is 0.917. The Morgan fingerprint density at radius 2 is 2.05 bits per heavy atom. The average molecular weight is 274 g/mol. The summed E-state index contributed by atoms with van der Waals surface area (Å²) in [6.45, 7) is 0.517. The van der Waals surface area contributed by atoms with Gasteiger partial charge in [-0.3, -0.25) is 20.0 Å². The van der Waals surface area contributed by atoms with E-state index < -0.39 is 0 Å². The quantitative estimate of drug-likeness (QED) is 0.360. The molecule has 0 bridgehead atoms. The van der Waals surface area contributed by atoms with Crippen LogP contribution in [0.3, 0.4) is 0 Å². The van der Waals surface area contributed by atoms with E-state index >= 15 is 0 Å².